The summed E-state index contributed by atoms with van der Waals surface area (Å²) in [6, 6.07) is 18.0. The van der Waals surface area contributed by atoms with E-state index in [1.165, 1.54) is 17.9 Å². The average Bonchev–Trinajstić information content (AvgIpc) is 2.75. The molecule has 150 valence electrons. The van der Waals surface area contributed by atoms with E-state index >= 15 is 0 Å². The van der Waals surface area contributed by atoms with Crippen LogP contribution in [0.4, 0.5) is 5.69 Å². The molecule has 0 saturated carbocycles. The second kappa shape index (κ2) is 9.54. The summed E-state index contributed by atoms with van der Waals surface area (Å²) in [5.74, 6) is 0.992. The molecule has 0 atom stereocenters. The largest absolute Gasteiger partial charge is 0.497 e. The Morgan fingerprint density at radius 3 is 2.55 bits per heavy atom. The maximum Gasteiger partial charge on any atom is 0.266 e. The Labute approximate surface area is 168 Å². The van der Waals surface area contributed by atoms with Crippen LogP contribution in [-0.4, -0.2) is 29.9 Å². The second-order valence-corrected chi connectivity index (χ2v) is 6.36. The number of methoxy groups -OCH3 is 2. The molecule has 0 aliphatic carbocycles. The molecule has 2 aromatic carbocycles. The molecule has 0 fully saturated rings. The maximum absolute atomic E-state index is 12.3. The van der Waals surface area contributed by atoms with E-state index in [1.807, 2.05) is 30.3 Å². The Kier molecular flexibility index (Phi) is 6.63. The third-order valence-corrected chi connectivity index (χ3v) is 4.39. The monoisotopic (exact) mass is 393 g/mol. The van der Waals surface area contributed by atoms with Crippen molar-refractivity contribution >= 4 is 11.6 Å². The zero-order chi connectivity index (χ0) is 20.6. The van der Waals surface area contributed by atoms with Gasteiger partial charge in [-0.15, -0.1) is 0 Å². The molecular weight excluding hydrogens is 370 g/mol. The predicted molar refractivity (Wildman–Crippen MR) is 111 cm³/mol. The molecule has 3 aromatic rings. The number of aromatic nitrogens is 2. The van der Waals surface area contributed by atoms with E-state index in [1.54, 1.807) is 31.4 Å². The molecule has 1 heterocycles. The lowest BCUT2D eigenvalue weighted by Crippen LogP contribution is -2.23. The minimum Gasteiger partial charge on any atom is -0.497 e. The number of benzene rings is 2. The van der Waals surface area contributed by atoms with Crippen molar-refractivity contribution in [3.63, 3.8) is 0 Å². The van der Waals surface area contributed by atoms with E-state index < -0.39 is 0 Å². The van der Waals surface area contributed by atoms with Gasteiger partial charge in [0.2, 0.25) is 5.91 Å². The van der Waals surface area contributed by atoms with E-state index in [-0.39, 0.29) is 17.9 Å². The van der Waals surface area contributed by atoms with E-state index in [2.05, 4.69) is 10.4 Å². The Bertz CT molecular complexity index is 1030. The van der Waals surface area contributed by atoms with Gasteiger partial charge in [-0.3, -0.25) is 9.59 Å². The van der Waals surface area contributed by atoms with Gasteiger partial charge in [0, 0.05) is 30.7 Å². The molecule has 0 bridgehead atoms. The van der Waals surface area contributed by atoms with Crippen molar-refractivity contribution in [2.24, 2.45) is 0 Å². The van der Waals surface area contributed by atoms with E-state index in [0.29, 0.717) is 30.2 Å². The number of nitrogens with zero attached hydrogens (tertiary/aromatic N) is 2. The molecule has 0 aliphatic heterocycles. The molecule has 0 unspecified atom stereocenters. The van der Waals surface area contributed by atoms with Gasteiger partial charge < -0.3 is 14.8 Å². The molecule has 7 nitrogen and oxygen atoms in total. The highest BCUT2D eigenvalue weighted by Crippen LogP contribution is 2.29. The van der Waals surface area contributed by atoms with Gasteiger partial charge in [0.1, 0.15) is 11.5 Å². The fourth-order valence-electron chi connectivity index (χ4n) is 2.89. The van der Waals surface area contributed by atoms with E-state index in [0.717, 1.165) is 11.3 Å². The average molecular weight is 393 g/mol. The number of amides is 1. The molecule has 1 aromatic heterocycles. The Balaban J connectivity index is 1.62. The number of hydrogen-bond acceptors (Lipinski definition) is 5. The van der Waals surface area contributed by atoms with E-state index in [4.69, 9.17) is 9.47 Å². The normalized spacial score (nSPS) is 10.4. The lowest BCUT2D eigenvalue weighted by Gasteiger charge is -2.12. The van der Waals surface area contributed by atoms with Gasteiger partial charge >= 0.3 is 0 Å². The number of carbonyl (C=O) groups excluding carboxylic acids is 1. The summed E-state index contributed by atoms with van der Waals surface area (Å²) in [6.45, 7) is 0.349. The van der Waals surface area contributed by atoms with Crippen LogP contribution in [0.2, 0.25) is 0 Å². The van der Waals surface area contributed by atoms with Crippen molar-refractivity contribution in [2.75, 3.05) is 19.5 Å². The summed E-state index contributed by atoms with van der Waals surface area (Å²) in [7, 11) is 3.09. The number of carbonyl (C=O) groups is 1. The second-order valence-electron chi connectivity index (χ2n) is 6.36. The number of aryl methyl sites for hydroxylation is 1. The van der Waals surface area contributed by atoms with Crippen molar-refractivity contribution in [2.45, 2.75) is 19.4 Å². The topological polar surface area (TPSA) is 82.4 Å². The zero-order valence-corrected chi connectivity index (χ0v) is 16.4. The molecule has 1 N–H and O–H groups in total. The van der Waals surface area contributed by atoms with Crippen molar-refractivity contribution < 1.29 is 14.3 Å². The van der Waals surface area contributed by atoms with Gasteiger partial charge in [-0.05, 0) is 24.6 Å². The summed E-state index contributed by atoms with van der Waals surface area (Å²) in [4.78, 5) is 24.4. The lowest BCUT2D eigenvalue weighted by atomic mass is 10.1. The van der Waals surface area contributed by atoms with Crippen LogP contribution in [0.3, 0.4) is 0 Å². The maximum atomic E-state index is 12.3. The van der Waals surface area contributed by atoms with Crippen LogP contribution < -0.4 is 20.3 Å². The van der Waals surface area contributed by atoms with Crippen LogP contribution >= 0.6 is 0 Å². The molecule has 0 saturated heterocycles. The van der Waals surface area contributed by atoms with Gasteiger partial charge in [-0.25, -0.2) is 4.68 Å². The molecule has 29 heavy (non-hydrogen) atoms. The van der Waals surface area contributed by atoms with Crippen molar-refractivity contribution in [3.05, 3.63) is 71.0 Å². The minimum atomic E-state index is -0.195. The van der Waals surface area contributed by atoms with Gasteiger partial charge in [0.15, 0.2) is 0 Å². The van der Waals surface area contributed by atoms with Gasteiger partial charge in [0.25, 0.3) is 5.56 Å². The number of anilines is 1. The Morgan fingerprint density at radius 1 is 1.03 bits per heavy atom. The van der Waals surface area contributed by atoms with Crippen LogP contribution in [0, 0.1) is 0 Å². The van der Waals surface area contributed by atoms with Gasteiger partial charge in [-0.2, -0.15) is 5.10 Å². The van der Waals surface area contributed by atoms with Crippen LogP contribution in [-0.2, 0) is 11.3 Å². The summed E-state index contributed by atoms with van der Waals surface area (Å²) in [6.07, 6.45) is 0.716. The highest BCUT2D eigenvalue weighted by molar-refractivity contribution is 5.92. The first-order chi connectivity index (χ1) is 14.1. The number of rotatable bonds is 8. The lowest BCUT2D eigenvalue weighted by molar-refractivity contribution is -0.116. The molecular formula is C22H23N3O4. The SMILES string of the molecule is COc1ccc(OC)c(NC(=O)CCCn2nc(-c3ccccc3)ccc2=O)c1. The quantitative estimate of drug-likeness (QED) is 0.635. The summed E-state index contributed by atoms with van der Waals surface area (Å²) in [5.41, 5.74) is 2.00. The summed E-state index contributed by atoms with van der Waals surface area (Å²) in [5, 5.41) is 7.23. The predicted octanol–water partition coefficient (Wildman–Crippen LogP) is 3.35. The fraction of sp³-hybridized carbons (Fsp3) is 0.227. The van der Waals surface area contributed by atoms with Crippen LogP contribution in [0.1, 0.15) is 12.8 Å². The summed E-state index contributed by atoms with van der Waals surface area (Å²) >= 11 is 0. The minimum absolute atomic E-state index is 0.177. The smallest absolute Gasteiger partial charge is 0.266 e. The molecule has 7 heteroatoms. The van der Waals surface area contributed by atoms with Crippen molar-refractivity contribution in [3.8, 4) is 22.8 Å². The standard InChI is InChI=1S/C22H23N3O4/c1-28-17-10-12-20(29-2)19(15-17)23-21(26)9-6-14-25-22(27)13-11-18(24-25)16-7-4-3-5-8-16/h3-5,7-8,10-13,15H,6,9,14H2,1-2H3,(H,23,26). The number of nitrogens with one attached hydrogen (secondary N) is 1. The van der Waals surface area contributed by atoms with Gasteiger partial charge in [-0.1, -0.05) is 30.3 Å². The molecule has 0 radical (unpaired) electrons. The van der Waals surface area contributed by atoms with Crippen LogP contribution in [0.25, 0.3) is 11.3 Å². The van der Waals surface area contributed by atoms with Crippen molar-refractivity contribution in [1.29, 1.82) is 0 Å². The Hall–Kier alpha value is -3.61. The van der Waals surface area contributed by atoms with Crippen LogP contribution in [0.15, 0.2) is 65.5 Å². The van der Waals surface area contributed by atoms with E-state index in [9.17, 15) is 9.59 Å². The Morgan fingerprint density at radius 2 is 1.83 bits per heavy atom. The van der Waals surface area contributed by atoms with Crippen molar-refractivity contribution in [1.82, 2.24) is 9.78 Å². The molecule has 1 amide bonds. The van der Waals surface area contributed by atoms with Crippen LogP contribution in [0.5, 0.6) is 11.5 Å². The molecule has 0 spiro atoms. The first-order valence-corrected chi connectivity index (χ1v) is 9.26. The number of ether oxygens (including phenoxy) is 2. The first kappa shape index (κ1) is 20.1. The third-order valence-electron chi connectivity index (χ3n) is 4.39. The van der Waals surface area contributed by atoms with Gasteiger partial charge in [0.05, 0.1) is 25.6 Å². The first-order valence-electron chi connectivity index (χ1n) is 9.26. The number of hydrogen-bond donors (Lipinski definition) is 1. The highest BCUT2D eigenvalue weighted by Gasteiger charge is 2.10. The fourth-order valence-corrected chi connectivity index (χ4v) is 2.89. The summed E-state index contributed by atoms with van der Waals surface area (Å²) < 4.78 is 11.8. The highest BCUT2D eigenvalue weighted by atomic mass is 16.5. The molecule has 3 rings (SSSR count). The zero-order valence-electron chi connectivity index (χ0n) is 16.4. The molecule has 0 aliphatic rings. The third kappa shape index (κ3) is 5.22.